The van der Waals surface area contributed by atoms with Crippen molar-refractivity contribution in [3.8, 4) is 0 Å². The average Bonchev–Trinajstić information content (AvgIpc) is 2.65. The van der Waals surface area contributed by atoms with E-state index in [4.69, 9.17) is 11.8 Å². The number of hydrogen-bond donors (Lipinski definition) is 0. The third-order valence-corrected chi connectivity index (χ3v) is 2.34. The highest BCUT2D eigenvalue weighted by Crippen LogP contribution is 2.23. The molecule has 0 saturated heterocycles. The number of carbonyl (C=O) groups is 1. The largest absolute Gasteiger partial charge is 0.294 e. The van der Waals surface area contributed by atoms with Crippen molar-refractivity contribution < 1.29 is 4.79 Å². The maximum Gasteiger partial charge on any atom is 0.161 e. The van der Waals surface area contributed by atoms with Crippen molar-refractivity contribution in [2.24, 2.45) is 5.10 Å². The normalized spacial score (nSPS) is 14.8. The minimum atomic E-state index is 0.0221. The summed E-state index contributed by atoms with van der Waals surface area (Å²) in [4.78, 5) is 11.4. The summed E-state index contributed by atoms with van der Waals surface area (Å²) in [6.45, 7) is 1.99. The maximum atomic E-state index is 11.4. The fourth-order valence-electron chi connectivity index (χ4n) is 1.45. The molecular weight excluding hydrogens is 214 g/mol. The summed E-state index contributed by atoms with van der Waals surface area (Å²) in [6, 6.07) is 7.33. The standard InChI is InChI=1S/C10H10ClN3O/c1-8(15)9-4-2-3-5-10(9)14-7-13(11)6-12-14/h2-6H,7H2,1H3. The van der Waals surface area contributed by atoms with E-state index in [-0.39, 0.29) is 5.78 Å². The highest BCUT2D eigenvalue weighted by atomic mass is 35.5. The van der Waals surface area contributed by atoms with Crippen LogP contribution in [0, 0.1) is 0 Å². The number of halogens is 1. The first kappa shape index (κ1) is 9.98. The van der Waals surface area contributed by atoms with E-state index in [1.807, 2.05) is 18.2 Å². The minimum absolute atomic E-state index is 0.0221. The van der Waals surface area contributed by atoms with Crippen molar-refractivity contribution in [1.29, 1.82) is 0 Å². The number of carbonyl (C=O) groups excluding carboxylic acids is 1. The zero-order valence-corrected chi connectivity index (χ0v) is 8.98. The molecule has 2 rings (SSSR count). The molecule has 78 valence electrons. The predicted molar refractivity (Wildman–Crippen MR) is 60.0 cm³/mol. The molecule has 0 amide bonds. The Morgan fingerprint density at radius 2 is 2.20 bits per heavy atom. The summed E-state index contributed by atoms with van der Waals surface area (Å²) < 4.78 is 1.43. The zero-order chi connectivity index (χ0) is 10.8. The van der Waals surface area contributed by atoms with Gasteiger partial charge in [0.2, 0.25) is 0 Å². The van der Waals surface area contributed by atoms with Gasteiger partial charge in [0.1, 0.15) is 13.0 Å². The molecule has 1 aliphatic rings. The van der Waals surface area contributed by atoms with Gasteiger partial charge in [-0.15, -0.1) is 0 Å². The van der Waals surface area contributed by atoms with Gasteiger partial charge in [-0.1, -0.05) is 12.1 Å². The van der Waals surface area contributed by atoms with Crippen LogP contribution in [0.3, 0.4) is 0 Å². The minimum Gasteiger partial charge on any atom is -0.294 e. The SMILES string of the molecule is CC(=O)c1ccccc1N1CN(Cl)C=N1. The Kier molecular flexibility index (Phi) is 2.60. The molecule has 0 N–H and O–H groups in total. The lowest BCUT2D eigenvalue weighted by Crippen LogP contribution is -2.21. The molecule has 1 heterocycles. The van der Waals surface area contributed by atoms with Crippen molar-refractivity contribution in [2.45, 2.75) is 6.92 Å². The number of rotatable bonds is 2. The van der Waals surface area contributed by atoms with E-state index in [0.717, 1.165) is 5.69 Å². The zero-order valence-electron chi connectivity index (χ0n) is 8.22. The van der Waals surface area contributed by atoms with Crippen LogP contribution in [0.15, 0.2) is 29.4 Å². The van der Waals surface area contributed by atoms with Crippen molar-refractivity contribution in [1.82, 2.24) is 4.42 Å². The van der Waals surface area contributed by atoms with Crippen LogP contribution < -0.4 is 5.01 Å². The Morgan fingerprint density at radius 1 is 1.47 bits per heavy atom. The second kappa shape index (κ2) is 3.90. The van der Waals surface area contributed by atoms with Crippen molar-refractivity contribution in [2.75, 3.05) is 11.7 Å². The van der Waals surface area contributed by atoms with E-state index in [2.05, 4.69) is 5.10 Å². The second-order valence-corrected chi connectivity index (χ2v) is 3.68. The summed E-state index contributed by atoms with van der Waals surface area (Å²) in [5.41, 5.74) is 1.44. The van der Waals surface area contributed by atoms with Gasteiger partial charge in [0, 0.05) is 17.3 Å². The summed E-state index contributed by atoms with van der Waals surface area (Å²) >= 11 is 5.75. The van der Waals surface area contributed by atoms with Crippen LogP contribution >= 0.6 is 11.8 Å². The Labute approximate surface area is 92.8 Å². The lowest BCUT2D eigenvalue weighted by molar-refractivity contribution is 0.101. The van der Waals surface area contributed by atoms with Gasteiger partial charge < -0.3 is 0 Å². The molecule has 1 aliphatic heterocycles. The highest BCUT2D eigenvalue weighted by molar-refractivity contribution is 6.19. The number of para-hydroxylation sites is 1. The number of anilines is 1. The maximum absolute atomic E-state index is 11.4. The molecule has 0 saturated carbocycles. The van der Waals surface area contributed by atoms with Crippen molar-refractivity contribution in [3.05, 3.63) is 29.8 Å². The first-order chi connectivity index (χ1) is 7.18. The van der Waals surface area contributed by atoms with Gasteiger partial charge in [-0.05, 0) is 19.1 Å². The van der Waals surface area contributed by atoms with Crippen LogP contribution in [0.5, 0.6) is 0 Å². The summed E-state index contributed by atoms with van der Waals surface area (Å²) in [5.74, 6) is 0.0221. The molecular formula is C10H10ClN3O. The molecule has 5 heteroatoms. The monoisotopic (exact) mass is 223 g/mol. The lowest BCUT2D eigenvalue weighted by atomic mass is 10.1. The summed E-state index contributed by atoms with van der Waals surface area (Å²) in [6.07, 6.45) is 1.51. The van der Waals surface area contributed by atoms with Gasteiger partial charge in [-0.3, -0.25) is 9.21 Å². The van der Waals surface area contributed by atoms with Crippen LogP contribution in [0.1, 0.15) is 17.3 Å². The number of benzene rings is 1. The topological polar surface area (TPSA) is 35.9 Å². The molecule has 0 aliphatic carbocycles. The molecule has 1 aromatic rings. The molecule has 0 aromatic heterocycles. The first-order valence-corrected chi connectivity index (χ1v) is 4.86. The predicted octanol–water partition coefficient (Wildman–Crippen LogP) is 2.07. The van der Waals surface area contributed by atoms with Crippen LogP contribution in [-0.4, -0.2) is 23.2 Å². The molecule has 4 nitrogen and oxygen atoms in total. The number of hydrazone groups is 1. The molecule has 15 heavy (non-hydrogen) atoms. The summed E-state index contributed by atoms with van der Waals surface area (Å²) in [7, 11) is 0. The molecule has 0 unspecified atom stereocenters. The fourth-order valence-corrected chi connectivity index (χ4v) is 1.59. The van der Waals surface area contributed by atoms with Gasteiger partial charge in [0.15, 0.2) is 5.78 Å². The molecule has 0 radical (unpaired) electrons. The van der Waals surface area contributed by atoms with Crippen molar-refractivity contribution in [3.63, 3.8) is 0 Å². The third-order valence-electron chi connectivity index (χ3n) is 2.15. The van der Waals surface area contributed by atoms with Crippen LogP contribution in [0.25, 0.3) is 0 Å². The number of hydrogen-bond acceptors (Lipinski definition) is 4. The quantitative estimate of drug-likeness (QED) is 0.569. The average molecular weight is 224 g/mol. The fraction of sp³-hybridized carbons (Fsp3) is 0.200. The smallest absolute Gasteiger partial charge is 0.161 e. The van der Waals surface area contributed by atoms with Gasteiger partial charge in [-0.25, -0.2) is 5.01 Å². The molecule has 1 aromatic carbocycles. The Hall–Kier alpha value is -1.55. The van der Waals surface area contributed by atoms with Crippen LogP contribution in [0.4, 0.5) is 5.69 Å². The highest BCUT2D eigenvalue weighted by Gasteiger charge is 2.17. The lowest BCUT2D eigenvalue weighted by Gasteiger charge is -2.16. The van der Waals surface area contributed by atoms with Gasteiger partial charge >= 0.3 is 0 Å². The molecule has 0 atom stereocenters. The van der Waals surface area contributed by atoms with Crippen LogP contribution in [-0.2, 0) is 0 Å². The van der Waals surface area contributed by atoms with Gasteiger partial charge in [0.25, 0.3) is 0 Å². The van der Waals surface area contributed by atoms with Gasteiger partial charge in [0.05, 0.1) is 5.69 Å². The number of Topliss-reactive ketones (excluding diaryl/α,β-unsaturated/α-hetero) is 1. The Morgan fingerprint density at radius 3 is 2.80 bits per heavy atom. The van der Waals surface area contributed by atoms with E-state index in [1.54, 1.807) is 11.1 Å². The third kappa shape index (κ3) is 1.94. The molecule has 0 bridgehead atoms. The molecule has 0 spiro atoms. The van der Waals surface area contributed by atoms with E-state index < -0.39 is 0 Å². The molecule has 0 fully saturated rings. The number of ketones is 1. The van der Waals surface area contributed by atoms with E-state index in [0.29, 0.717) is 12.2 Å². The Bertz CT molecular complexity index is 419. The Balaban J connectivity index is 2.36. The van der Waals surface area contributed by atoms with Gasteiger partial charge in [-0.2, -0.15) is 5.10 Å². The van der Waals surface area contributed by atoms with E-state index in [9.17, 15) is 4.79 Å². The van der Waals surface area contributed by atoms with E-state index in [1.165, 1.54) is 17.7 Å². The van der Waals surface area contributed by atoms with Crippen molar-refractivity contribution >= 4 is 29.6 Å². The first-order valence-electron chi connectivity index (χ1n) is 4.52. The van der Waals surface area contributed by atoms with E-state index >= 15 is 0 Å². The van der Waals surface area contributed by atoms with Crippen LogP contribution in [0.2, 0.25) is 0 Å². The number of nitrogens with zero attached hydrogens (tertiary/aromatic N) is 3. The summed E-state index contributed by atoms with van der Waals surface area (Å²) in [5, 5.41) is 5.76. The second-order valence-electron chi connectivity index (χ2n) is 3.24.